The van der Waals surface area contributed by atoms with Gasteiger partial charge in [-0.05, 0) is 35.4 Å². The van der Waals surface area contributed by atoms with Crippen LogP contribution in [0.15, 0.2) is 58.9 Å². The molecule has 0 atom stereocenters. The number of nitrogens with one attached hydrogen (secondary N) is 1. The highest BCUT2D eigenvalue weighted by Gasteiger charge is 2.16. The molecular weight excluding hydrogens is 473 g/mol. The molecule has 0 aliphatic heterocycles. The van der Waals surface area contributed by atoms with Crippen LogP contribution in [0.25, 0.3) is 10.8 Å². The van der Waals surface area contributed by atoms with Crippen LogP contribution in [-0.4, -0.2) is 22.7 Å². The van der Waals surface area contributed by atoms with Crippen molar-refractivity contribution in [2.24, 2.45) is 0 Å². The third kappa shape index (κ3) is 5.13. The van der Waals surface area contributed by atoms with Gasteiger partial charge in [0.2, 0.25) is 5.13 Å². The minimum atomic E-state index is -0.367. The summed E-state index contributed by atoms with van der Waals surface area (Å²) in [6.45, 7) is 2.26. The number of rotatable bonds is 7. The number of ether oxygens (including phenoxy) is 1. The van der Waals surface area contributed by atoms with E-state index in [9.17, 15) is 4.79 Å². The second-order valence-corrected chi connectivity index (χ2v) is 9.47. The van der Waals surface area contributed by atoms with Gasteiger partial charge in [0.15, 0.2) is 10.1 Å². The van der Waals surface area contributed by atoms with Crippen molar-refractivity contribution in [3.8, 4) is 5.75 Å². The van der Waals surface area contributed by atoms with Gasteiger partial charge in [-0.2, -0.15) is 0 Å². The molecule has 5 nitrogen and oxygen atoms in total. The molecule has 1 aromatic heterocycles. The molecule has 0 aliphatic carbocycles. The highest BCUT2D eigenvalue weighted by atomic mass is 35.5. The molecule has 0 aliphatic rings. The first-order chi connectivity index (χ1) is 15.0. The summed E-state index contributed by atoms with van der Waals surface area (Å²) >= 11 is 15.3. The Morgan fingerprint density at radius 1 is 1.10 bits per heavy atom. The molecule has 4 rings (SSSR count). The second-order valence-electron chi connectivity index (χ2n) is 6.46. The van der Waals surface area contributed by atoms with E-state index in [1.807, 2.05) is 19.1 Å². The molecule has 1 amide bonds. The maximum Gasteiger partial charge on any atom is 0.257 e. The van der Waals surface area contributed by atoms with Crippen molar-refractivity contribution in [3.05, 3.63) is 75.8 Å². The summed E-state index contributed by atoms with van der Waals surface area (Å²) in [5.41, 5.74) is 1.54. The molecule has 158 valence electrons. The summed E-state index contributed by atoms with van der Waals surface area (Å²) in [6, 6.07) is 17.6. The van der Waals surface area contributed by atoms with Crippen molar-refractivity contribution in [3.63, 3.8) is 0 Å². The number of nitrogens with zero attached hydrogens (tertiary/aromatic N) is 2. The third-order valence-corrected chi connectivity index (χ3v) is 6.99. The molecule has 0 bridgehead atoms. The third-order valence-electron chi connectivity index (χ3n) is 4.41. The Morgan fingerprint density at radius 3 is 2.61 bits per heavy atom. The van der Waals surface area contributed by atoms with Crippen molar-refractivity contribution < 1.29 is 9.53 Å². The van der Waals surface area contributed by atoms with Gasteiger partial charge in [0, 0.05) is 11.3 Å². The van der Waals surface area contributed by atoms with Crippen LogP contribution in [0.1, 0.15) is 22.8 Å². The Labute approximate surface area is 197 Å². The first kappa shape index (κ1) is 21.9. The second kappa shape index (κ2) is 9.87. The van der Waals surface area contributed by atoms with Crippen LogP contribution in [0.5, 0.6) is 5.75 Å². The molecule has 1 heterocycles. The maximum atomic E-state index is 12.6. The van der Waals surface area contributed by atoms with Gasteiger partial charge >= 0.3 is 0 Å². The number of anilines is 1. The quantitative estimate of drug-likeness (QED) is 0.225. The summed E-state index contributed by atoms with van der Waals surface area (Å²) in [5, 5.41) is 14.4. The number of halogens is 2. The van der Waals surface area contributed by atoms with Crippen LogP contribution in [-0.2, 0) is 5.75 Å². The molecule has 3 aromatic carbocycles. The molecule has 0 radical (unpaired) electrons. The highest BCUT2D eigenvalue weighted by Crippen LogP contribution is 2.35. The summed E-state index contributed by atoms with van der Waals surface area (Å²) in [5.74, 6) is 0.757. The first-order valence-corrected chi connectivity index (χ1v) is 12.0. The molecule has 0 saturated heterocycles. The van der Waals surface area contributed by atoms with Crippen molar-refractivity contribution >= 4 is 68.1 Å². The summed E-state index contributed by atoms with van der Waals surface area (Å²) < 4.78 is 6.16. The minimum Gasteiger partial charge on any atom is -0.491 e. The van der Waals surface area contributed by atoms with E-state index < -0.39 is 0 Å². The SMILES string of the molecule is CCOc1c(Cl)cc(C(=O)Nc2nnc(SCc3cccc4ccccc34)s2)cc1Cl. The molecule has 4 aromatic rings. The monoisotopic (exact) mass is 489 g/mol. The van der Waals surface area contributed by atoms with Crippen molar-refractivity contribution in [2.45, 2.75) is 17.0 Å². The van der Waals surface area contributed by atoms with Crippen LogP contribution in [0, 0.1) is 0 Å². The zero-order valence-electron chi connectivity index (χ0n) is 16.4. The van der Waals surface area contributed by atoms with Crippen LogP contribution < -0.4 is 10.1 Å². The first-order valence-electron chi connectivity index (χ1n) is 9.41. The van der Waals surface area contributed by atoms with Gasteiger partial charge in [0.1, 0.15) is 0 Å². The van der Waals surface area contributed by atoms with E-state index in [4.69, 9.17) is 27.9 Å². The predicted octanol–water partition coefficient (Wildman–Crippen LogP) is 6.94. The van der Waals surface area contributed by atoms with Crippen LogP contribution in [0.2, 0.25) is 10.0 Å². The van der Waals surface area contributed by atoms with E-state index in [0.717, 1.165) is 10.1 Å². The number of benzene rings is 3. The fraction of sp³-hybridized carbons (Fsp3) is 0.136. The summed E-state index contributed by atoms with van der Waals surface area (Å²) in [7, 11) is 0. The largest absolute Gasteiger partial charge is 0.491 e. The van der Waals surface area contributed by atoms with Gasteiger partial charge in [-0.15, -0.1) is 10.2 Å². The van der Waals surface area contributed by atoms with E-state index in [2.05, 4.69) is 45.8 Å². The van der Waals surface area contributed by atoms with E-state index in [1.54, 1.807) is 11.8 Å². The number of amides is 1. The Bertz CT molecular complexity index is 1220. The fourth-order valence-corrected chi connectivity index (χ4v) is 5.37. The number of aromatic nitrogens is 2. The fourth-order valence-electron chi connectivity index (χ4n) is 3.02. The Kier molecular flexibility index (Phi) is 6.97. The van der Waals surface area contributed by atoms with Gasteiger partial charge in [-0.3, -0.25) is 10.1 Å². The standard InChI is InChI=1S/C22H17Cl2N3O2S2/c1-2-29-19-17(23)10-15(11-18(19)24)20(28)25-21-26-27-22(31-21)30-12-14-8-5-7-13-6-3-4-9-16(13)14/h3-11H,2,12H2,1H3,(H,25,26,28). The van der Waals surface area contributed by atoms with Crippen LogP contribution in [0.3, 0.4) is 0 Å². The average Bonchev–Trinajstić information content (AvgIpc) is 3.21. The molecule has 1 N–H and O–H groups in total. The number of thioether (sulfide) groups is 1. The lowest BCUT2D eigenvalue weighted by Gasteiger charge is -2.09. The highest BCUT2D eigenvalue weighted by molar-refractivity contribution is 8.00. The minimum absolute atomic E-state index is 0.281. The topological polar surface area (TPSA) is 64.1 Å². The molecular formula is C22H17Cl2N3O2S2. The van der Waals surface area contributed by atoms with E-state index in [1.165, 1.54) is 39.8 Å². The van der Waals surface area contributed by atoms with Crippen molar-refractivity contribution in [1.82, 2.24) is 10.2 Å². The van der Waals surface area contributed by atoms with Crippen molar-refractivity contribution in [2.75, 3.05) is 11.9 Å². The molecule has 0 saturated carbocycles. The molecule has 0 spiro atoms. The van der Waals surface area contributed by atoms with Crippen LogP contribution >= 0.6 is 46.3 Å². The van der Waals surface area contributed by atoms with E-state index in [-0.39, 0.29) is 16.0 Å². The predicted molar refractivity (Wildman–Crippen MR) is 129 cm³/mol. The lowest BCUT2D eigenvalue weighted by atomic mass is 10.1. The smallest absolute Gasteiger partial charge is 0.257 e. The van der Waals surface area contributed by atoms with Gasteiger partial charge in [0.05, 0.1) is 16.7 Å². The number of hydrogen-bond donors (Lipinski definition) is 1. The lowest BCUT2D eigenvalue weighted by molar-refractivity contribution is 0.102. The number of hydrogen-bond acceptors (Lipinski definition) is 6. The van der Waals surface area contributed by atoms with Gasteiger partial charge in [-0.1, -0.05) is 88.8 Å². The Morgan fingerprint density at radius 2 is 1.84 bits per heavy atom. The zero-order valence-corrected chi connectivity index (χ0v) is 19.5. The summed E-state index contributed by atoms with van der Waals surface area (Å²) in [6.07, 6.45) is 0. The van der Waals surface area contributed by atoms with Crippen LogP contribution in [0.4, 0.5) is 5.13 Å². The molecule has 9 heteroatoms. The van der Waals surface area contributed by atoms with E-state index >= 15 is 0 Å². The maximum absolute atomic E-state index is 12.6. The Balaban J connectivity index is 1.43. The normalized spacial score (nSPS) is 10.9. The average molecular weight is 490 g/mol. The number of fused-ring (bicyclic) bond motifs is 1. The van der Waals surface area contributed by atoms with E-state index in [0.29, 0.717) is 23.1 Å². The summed E-state index contributed by atoms with van der Waals surface area (Å²) in [4.78, 5) is 12.6. The molecule has 0 fully saturated rings. The van der Waals surface area contributed by atoms with Gasteiger partial charge in [0.25, 0.3) is 5.91 Å². The lowest BCUT2D eigenvalue weighted by Crippen LogP contribution is -2.12. The zero-order chi connectivity index (χ0) is 21.8. The molecule has 0 unspecified atom stereocenters. The van der Waals surface area contributed by atoms with Crippen molar-refractivity contribution in [1.29, 1.82) is 0 Å². The number of carbonyl (C=O) groups excluding carboxylic acids is 1. The van der Waals surface area contributed by atoms with Gasteiger partial charge < -0.3 is 4.74 Å². The Hall–Kier alpha value is -2.32. The van der Waals surface area contributed by atoms with Gasteiger partial charge in [-0.25, -0.2) is 0 Å². The molecule has 31 heavy (non-hydrogen) atoms. The number of carbonyl (C=O) groups is 1.